The Balaban J connectivity index is 2.30. The maximum atomic E-state index is 12.9. The van der Waals surface area contributed by atoms with E-state index in [0.29, 0.717) is 5.69 Å². The molecule has 30 heavy (non-hydrogen) atoms. The van der Waals surface area contributed by atoms with Gasteiger partial charge in [0.25, 0.3) is 0 Å². The van der Waals surface area contributed by atoms with Crippen molar-refractivity contribution in [3.8, 4) is 5.75 Å². The third-order valence-corrected chi connectivity index (χ3v) is 5.33. The highest BCUT2D eigenvalue weighted by Gasteiger charge is 2.32. The molecule has 0 spiro atoms. The molecule has 1 amide bonds. The van der Waals surface area contributed by atoms with Crippen LogP contribution in [0.2, 0.25) is 0 Å². The summed E-state index contributed by atoms with van der Waals surface area (Å²) in [6, 6.07) is 8.79. The van der Waals surface area contributed by atoms with E-state index in [-0.39, 0.29) is 12.1 Å². The number of sulfonamides is 1. The molecule has 0 fully saturated rings. The SMILES string of the molecule is CC[C@@H](C(=O)Nc1ccc(OC(F)(F)F)cc1)N(c1cc(C)cc(C)c1)S(C)(=O)=O. The number of carbonyl (C=O) groups excluding carboxylic acids is 1. The Morgan fingerprint density at radius 2 is 1.63 bits per heavy atom. The van der Waals surface area contributed by atoms with Crippen LogP contribution in [0.3, 0.4) is 0 Å². The number of amides is 1. The molecule has 2 aromatic carbocycles. The molecule has 164 valence electrons. The molecular weight excluding hydrogens is 421 g/mol. The summed E-state index contributed by atoms with van der Waals surface area (Å²) in [5.41, 5.74) is 2.26. The van der Waals surface area contributed by atoms with Crippen molar-refractivity contribution in [2.45, 2.75) is 39.6 Å². The summed E-state index contributed by atoms with van der Waals surface area (Å²) in [7, 11) is -3.80. The van der Waals surface area contributed by atoms with Gasteiger partial charge in [-0.25, -0.2) is 8.42 Å². The number of rotatable bonds is 7. The van der Waals surface area contributed by atoms with E-state index in [1.165, 1.54) is 12.1 Å². The molecular formula is C20H23F3N2O4S. The van der Waals surface area contributed by atoms with Crippen molar-refractivity contribution >= 4 is 27.3 Å². The molecule has 6 nitrogen and oxygen atoms in total. The van der Waals surface area contributed by atoms with Crippen molar-refractivity contribution < 1.29 is 31.1 Å². The summed E-state index contributed by atoms with van der Waals surface area (Å²) < 4.78 is 66.7. The summed E-state index contributed by atoms with van der Waals surface area (Å²) in [5.74, 6) is -1.04. The zero-order chi connectivity index (χ0) is 22.7. The lowest BCUT2D eigenvalue weighted by molar-refractivity contribution is -0.274. The Kier molecular flexibility index (Phi) is 7.02. The minimum absolute atomic E-state index is 0.182. The van der Waals surface area contributed by atoms with E-state index in [0.717, 1.165) is 33.8 Å². The number of hydrogen-bond acceptors (Lipinski definition) is 4. The van der Waals surface area contributed by atoms with E-state index in [4.69, 9.17) is 0 Å². The third kappa shape index (κ3) is 6.38. The number of anilines is 2. The Bertz CT molecular complexity index is 985. The molecule has 0 saturated carbocycles. The van der Waals surface area contributed by atoms with Crippen molar-refractivity contribution in [2.75, 3.05) is 15.9 Å². The highest BCUT2D eigenvalue weighted by atomic mass is 32.2. The molecule has 0 aromatic heterocycles. The molecule has 0 aliphatic rings. The van der Waals surface area contributed by atoms with Gasteiger partial charge in [0.15, 0.2) is 0 Å². The summed E-state index contributed by atoms with van der Waals surface area (Å²) in [4.78, 5) is 12.9. The normalized spacial score (nSPS) is 12.9. The Morgan fingerprint density at radius 1 is 1.10 bits per heavy atom. The minimum atomic E-state index is -4.82. The lowest BCUT2D eigenvalue weighted by Crippen LogP contribution is -2.47. The van der Waals surface area contributed by atoms with Gasteiger partial charge in [0.1, 0.15) is 11.8 Å². The van der Waals surface area contributed by atoms with Gasteiger partial charge in [0.05, 0.1) is 11.9 Å². The van der Waals surface area contributed by atoms with Gasteiger partial charge in [-0.05, 0) is 67.8 Å². The monoisotopic (exact) mass is 444 g/mol. The third-order valence-electron chi connectivity index (χ3n) is 4.15. The van der Waals surface area contributed by atoms with E-state index < -0.39 is 34.1 Å². The van der Waals surface area contributed by atoms with Gasteiger partial charge >= 0.3 is 6.36 Å². The van der Waals surface area contributed by atoms with E-state index in [9.17, 15) is 26.4 Å². The Hall–Kier alpha value is -2.75. The van der Waals surface area contributed by atoms with Gasteiger partial charge in [-0.3, -0.25) is 9.10 Å². The molecule has 0 saturated heterocycles. The maximum Gasteiger partial charge on any atom is 0.573 e. The number of alkyl halides is 3. The molecule has 0 bridgehead atoms. The average molecular weight is 444 g/mol. The lowest BCUT2D eigenvalue weighted by atomic mass is 10.1. The van der Waals surface area contributed by atoms with Gasteiger partial charge in [0.2, 0.25) is 15.9 Å². The van der Waals surface area contributed by atoms with Crippen molar-refractivity contribution in [1.82, 2.24) is 0 Å². The molecule has 0 radical (unpaired) electrons. The first-order valence-corrected chi connectivity index (χ1v) is 10.9. The molecule has 2 aromatic rings. The van der Waals surface area contributed by atoms with E-state index in [1.807, 2.05) is 19.9 Å². The largest absolute Gasteiger partial charge is 0.573 e. The van der Waals surface area contributed by atoms with Crippen LogP contribution in [0.1, 0.15) is 24.5 Å². The number of ether oxygens (including phenoxy) is 1. The number of aryl methyl sites for hydroxylation is 2. The first-order valence-electron chi connectivity index (χ1n) is 9.04. The summed E-state index contributed by atoms with van der Waals surface area (Å²) >= 11 is 0. The van der Waals surface area contributed by atoms with E-state index in [2.05, 4.69) is 10.1 Å². The quantitative estimate of drug-likeness (QED) is 0.688. The number of nitrogens with one attached hydrogen (secondary N) is 1. The molecule has 1 atom stereocenters. The van der Waals surface area contributed by atoms with Crippen LogP contribution in [0.15, 0.2) is 42.5 Å². The average Bonchev–Trinajstić information content (AvgIpc) is 2.57. The molecule has 0 aliphatic carbocycles. The number of nitrogens with zero attached hydrogens (tertiary/aromatic N) is 1. The number of hydrogen-bond donors (Lipinski definition) is 1. The van der Waals surface area contributed by atoms with Crippen molar-refractivity contribution in [3.63, 3.8) is 0 Å². The van der Waals surface area contributed by atoms with Crippen LogP contribution in [0, 0.1) is 13.8 Å². The molecule has 0 aliphatic heterocycles. The Labute approximate surface area is 173 Å². The second-order valence-corrected chi connectivity index (χ2v) is 8.75. The first-order chi connectivity index (χ1) is 13.8. The second-order valence-electron chi connectivity index (χ2n) is 6.89. The lowest BCUT2D eigenvalue weighted by Gasteiger charge is -2.30. The fourth-order valence-electron chi connectivity index (χ4n) is 3.10. The fraction of sp³-hybridized carbons (Fsp3) is 0.350. The van der Waals surface area contributed by atoms with Gasteiger partial charge < -0.3 is 10.1 Å². The van der Waals surface area contributed by atoms with Crippen LogP contribution < -0.4 is 14.4 Å². The highest BCUT2D eigenvalue weighted by molar-refractivity contribution is 7.92. The van der Waals surface area contributed by atoms with Gasteiger partial charge in [-0.1, -0.05) is 13.0 Å². The van der Waals surface area contributed by atoms with Crippen molar-refractivity contribution in [1.29, 1.82) is 0 Å². The smallest absolute Gasteiger partial charge is 0.406 e. The van der Waals surface area contributed by atoms with Crippen molar-refractivity contribution in [2.24, 2.45) is 0 Å². The zero-order valence-electron chi connectivity index (χ0n) is 16.9. The van der Waals surface area contributed by atoms with Crippen LogP contribution in [0.5, 0.6) is 5.75 Å². The second kappa shape index (κ2) is 8.95. The molecule has 1 N–H and O–H groups in total. The molecule has 10 heteroatoms. The van der Waals surface area contributed by atoms with Gasteiger partial charge in [-0.2, -0.15) is 0 Å². The van der Waals surface area contributed by atoms with Crippen LogP contribution in [-0.2, 0) is 14.8 Å². The minimum Gasteiger partial charge on any atom is -0.406 e. The predicted octanol–water partition coefficient (Wildman–Crippen LogP) is 4.39. The van der Waals surface area contributed by atoms with Crippen molar-refractivity contribution in [3.05, 3.63) is 53.6 Å². The van der Waals surface area contributed by atoms with Gasteiger partial charge in [0, 0.05) is 5.69 Å². The van der Waals surface area contributed by atoms with Gasteiger partial charge in [-0.15, -0.1) is 13.2 Å². The summed E-state index contributed by atoms with van der Waals surface area (Å²) in [5, 5.41) is 2.55. The van der Waals surface area contributed by atoms with E-state index in [1.54, 1.807) is 19.1 Å². The zero-order valence-corrected chi connectivity index (χ0v) is 17.8. The number of carbonyl (C=O) groups is 1. The van der Waals surface area contributed by atoms with E-state index >= 15 is 0 Å². The van der Waals surface area contributed by atoms with Crippen LogP contribution in [0.4, 0.5) is 24.5 Å². The fourth-order valence-corrected chi connectivity index (χ4v) is 4.30. The van der Waals surface area contributed by atoms with Crippen LogP contribution >= 0.6 is 0 Å². The maximum absolute atomic E-state index is 12.9. The van der Waals surface area contributed by atoms with Crippen LogP contribution in [0.25, 0.3) is 0 Å². The van der Waals surface area contributed by atoms with Crippen LogP contribution in [-0.4, -0.2) is 33.0 Å². The topological polar surface area (TPSA) is 75.7 Å². The summed E-state index contributed by atoms with van der Waals surface area (Å²) in [6.45, 7) is 5.32. The predicted molar refractivity (Wildman–Crippen MR) is 109 cm³/mol. The molecule has 2 rings (SSSR count). The number of benzene rings is 2. The standard InChI is InChI=1S/C20H23F3N2O4S/c1-5-18(25(30(4,27)28)16-11-13(2)10-14(3)12-16)19(26)24-15-6-8-17(9-7-15)29-20(21,22)23/h6-12,18H,5H2,1-4H3,(H,24,26)/t18-/m0/s1. The summed E-state index contributed by atoms with van der Waals surface area (Å²) in [6.07, 6.45) is -3.62. The highest BCUT2D eigenvalue weighted by Crippen LogP contribution is 2.27. The molecule has 0 heterocycles. The number of halogens is 3. The molecule has 0 unspecified atom stereocenters. The first kappa shape index (κ1) is 23.5. The Morgan fingerprint density at radius 3 is 2.07 bits per heavy atom.